The summed E-state index contributed by atoms with van der Waals surface area (Å²) in [5.74, 6) is -0.909. The maximum atomic E-state index is 10.8. The van der Waals surface area contributed by atoms with Crippen molar-refractivity contribution in [3.05, 3.63) is 16.3 Å². The highest BCUT2D eigenvalue weighted by molar-refractivity contribution is 7.18. The SMILES string of the molecule is CC(C)(C)CC(CC(=O)O)Nc1ncc([N+](=O)[O-])s1. The fourth-order valence-electron chi connectivity index (χ4n) is 1.72. The lowest BCUT2D eigenvalue weighted by Gasteiger charge is -2.25. The summed E-state index contributed by atoms with van der Waals surface area (Å²) in [5, 5.41) is 22.7. The van der Waals surface area contributed by atoms with Crippen LogP contribution in [0.4, 0.5) is 10.1 Å². The van der Waals surface area contributed by atoms with Gasteiger partial charge in [0.2, 0.25) is 0 Å². The van der Waals surface area contributed by atoms with Gasteiger partial charge in [-0.3, -0.25) is 14.9 Å². The van der Waals surface area contributed by atoms with Crippen molar-refractivity contribution in [2.75, 3.05) is 5.32 Å². The second kappa shape index (κ2) is 5.96. The Morgan fingerprint density at radius 1 is 1.63 bits per heavy atom. The largest absolute Gasteiger partial charge is 0.481 e. The van der Waals surface area contributed by atoms with Gasteiger partial charge in [-0.2, -0.15) is 0 Å². The van der Waals surface area contributed by atoms with Crippen molar-refractivity contribution in [1.29, 1.82) is 0 Å². The Morgan fingerprint density at radius 2 is 2.26 bits per heavy atom. The number of nitrogens with one attached hydrogen (secondary N) is 1. The van der Waals surface area contributed by atoms with Gasteiger partial charge < -0.3 is 10.4 Å². The Balaban J connectivity index is 2.75. The Kier molecular flexibility index (Phi) is 4.82. The smallest absolute Gasteiger partial charge is 0.345 e. The summed E-state index contributed by atoms with van der Waals surface area (Å²) in [4.78, 5) is 24.8. The van der Waals surface area contributed by atoms with Gasteiger partial charge in [-0.05, 0) is 23.2 Å². The number of carbonyl (C=O) groups is 1. The van der Waals surface area contributed by atoms with E-state index in [1.54, 1.807) is 0 Å². The highest BCUT2D eigenvalue weighted by Gasteiger charge is 2.23. The summed E-state index contributed by atoms with van der Waals surface area (Å²) in [6.45, 7) is 6.02. The van der Waals surface area contributed by atoms with Crippen molar-refractivity contribution in [1.82, 2.24) is 4.98 Å². The summed E-state index contributed by atoms with van der Waals surface area (Å²) in [6.07, 6.45) is 1.75. The molecular formula is C11H17N3O4S. The number of anilines is 1. The van der Waals surface area contributed by atoms with Gasteiger partial charge in [0.1, 0.15) is 6.20 Å². The summed E-state index contributed by atoms with van der Waals surface area (Å²) in [5.41, 5.74) is -0.0453. The third kappa shape index (κ3) is 5.64. The molecule has 1 heterocycles. The molecule has 0 saturated heterocycles. The molecule has 0 aliphatic rings. The summed E-state index contributed by atoms with van der Waals surface area (Å²) >= 11 is 0.908. The molecule has 1 rings (SSSR count). The van der Waals surface area contributed by atoms with Gasteiger partial charge in [0.25, 0.3) is 0 Å². The number of aliphatic carboxylic acids is 1. The predicted octanol–water partition coefficient (Wildman–Crippen LogP) is 2.74. The maximum Gasteiger partial charge on any atom is 0.345 e. The fraction of sp³-hybridized carbons (Fsp3) is 0.636. The molecule has 0 aliphatic heterocycles. The average molecular weight is 287 g/mol. The van der Waals surface area contributed by atoms with Crippen molar-refractivity contribution in [3.8, 4) is 0 Å². The van der Waals surface area contributed by atoms with Crippen molar-refractivity contribution < 1.29 is 14.8 Å². The third-order valence-corrected chi connectivity index (χ3v) is 3.16. The Bertz CT molecular complexity index is 467. The van der Waals surface area contributed by atoms with Crippen LogP contribution in [0.15, 0.2) is 6.20 Å². The summed E-state index contributed by atoms with van der Waals surface area (Å²) in [6, 6.07) is -0.303. The molecular weight excluding hydrogens is 270 g/mol. The van der Waals surface area contributed by atoms with E-state index in [0.29, 0.717) is 11.6 Å². The van der Waals surface area contributed by atoms with E-state index in [-0.39, 0.29) is 22.9 Å². The first-order chi connectivity index (χ1) is 8.67. The van der Waals surface area contributed by atoms with E-state index >= 15 is 0 Å². The normalized spacial score (nSPS) is 13.0. The first kappa shape index (κ1) is 15.4. The molecule has 0 spiro atoms. The highest BCUT2D eigenvalue weighted by Crippen LogP contribution is 2.29. The number of thiazole rings is 1. The fourth-order valence-corrected chi connectivity index (χ4v) is 2.42. The van der Waals surface area contributed by atoms with E-state index in [4.69, 9.17) is 5.11 Å². The van der Waals surface area contributed by atoms with E-state index < -0.39 is 10.9 Å². The van der Waals surface area contributed by atoms with E-state index in [1.165, 1.54) is 6.20 Å². The zero-order chi connectivity index (χ0) is 14.6. The van der Waals surface area contributed by atoms with Crippen LogP contribution in [0.2, 0.25) is 0 Å². The monoisotopic (exact) mass is 287 g/mol. The summed E-state index contributed by atoms with van der Waals surface area (Å²) < 4.78 is 0. The number of nitrogens with zero attached hydrogens (tertiary/aromatic N) is 2. The second-order valence-electron chi connectivity index (χ2n) is 5.46. The molecule has 1 aromatic heterocycles. The number of hydrogen-bond donors (Lipinski definition) is 2. The molecule has 106 valence electrons. The molecule has 19 heavy (non-hydrogen) atoms. The van der Waals surface area contributed by atoms with Gasteiger partial charge in [-0.15, -0.1) is 0 Å². The van der Waals surface area contributed by atoms with Crippen LogP contribution in [0.5, 0.6) is 0 Å². The molecule has 1 unspecified atom stereocenters. The maximum absolute atomic E-state index is 10.8. The minimum Gasteiger partial charge on any atom is -0.481 e. The molecule has 1 aromatic rings. The first-order valence-electron chi connectivity index (χ1n) is 5.76. The molecule has 1 atom stereocenters. The standard InChI is InChI=1S/C11H17N3O4S/c1-11(2,3)5-7(4-9(15)16)13-10-12-6-8(19-10)14(17)18/h6-7H,4-5H2,1-3H3,(H,12,13)(H,15,16). The van der Waals surface area contributed by atoms with Gasteiger partial charge in [0.05, 0.1) is 11.3 Å². The van der Waals surface area contributed by atoms with Gasteiger partial charge in [0.15, 0.2) is 5.13 Å². The second-order valence-corrected chi connectivity index (χ2v) is 6.47. The lowest BCUT2D eigenvalue weighted by atomic mass is 9.87. The van der Waals surface area contributed by atoms with Gasteiger partial charge in [-0.1, -0.05) is 20.8 Å². The highest BCUT2D eigenvalue weighted by atomic mass is 32.1. The zero-order valence-corrected chi connectivity index (χ0v) is 11.9. The molecule has 0 radical (unpaired) electrons. The average Bonchev–Trinajstić information content (AvgIpc) is 2.62. The topological polar surface area (TPSA) is 105 Å². The summed E-state index contributed by atoms with van der Waals surface area (Å²) in [7, 11) is 0. The lowest BCUT2D eigenvalue weighted by Crippen LogP contribution is -2.28. The Labute approximate surface area is 114 Å². The van der Waals surface area contributed by atoms with E-state index in [9.17, 15) is 14.9 Å². The molecule has 0 saturated carbocycles. The van der Waals surface area contributed by atoms with Crippen molar-refractivity contribution in [2.45, 2.75) is 39.7 Å². The molecule has 0 fully saturated rings. The van der Waals surface area contributed by atoms with Crippen molar-refractivity contribution in [2.24, 2.45) is 5.41 Å². The van der Waals surface area contributed by atoms with E-state index in [0.717, 1.165) is 11.3 Å². The van der Waals surface area contributed by atoms with Crippen LogP contribution in [0.1, 0.15) is 33.6 Å². The minimum absolute atomic E-state index is 0.0453. The number of rotatable bonds is 6. The van der Waals surface area contributed by atoms with Crippen LogP contribution >= 0.6 is 11.3 Å². The van der Waals surface area contributed by atoms with E-state index in [1.807, 2.05) is 20.8 Å². The van der Waals surface area contributed by atoms with Crippen LogP contribution in [-0.2, 0) is 4.79 Å². The first-order valence-corrected chi connectivity index (χ1v) is 6.57. The Morgan fingerprint density at radius 3 is 2.68 bits per heavy atom. The van der Waals surface area contributed by atoms with Gasteiger partial charge in [-0.25, -0.2) is 4.98 Å². The number of carboxylic acid groups (broad SMARTS) is 1. The molecule has 7 nitrogen and oxygen atoms in total. The molecule has 0 amide bonds. The Hall–Kier alpha value is -1.70. The molecule has 2 N–H and O–H groups in total. The minimum atomic E-state index is -0.909. The van der Waals surface area contributed by atoms with Crippen molar-refractivity contribution in [3.63, 3.8) is 0 Å². The van der Waals surface area contributed by atoms with Crippen molar-refractivity contribution >= 4 is 27.4 Å². The lowest BCUT2D eigenvalue weighted by molar-refractivity contribution is -0.380. The predicted molar refractivity (Wildman–Crippen MR) is 72.5 cm³/mol. The van der Waals surface area contributed by atoms with Crippen LogP contribution in [0.25, 0.3) is 0 Å². The van der Waals surface area contributed by atoms with Crippen LogP contribution < -0.4 is 5.32 Å². The molecule has 0 aromatic carbocycles. The number of carboxylic acids is 1. The molecule has 0 bridgehead atoms. The number of nitro groups is 1. The van der Waals surface area contributed by atoms with Gasteiger partial charge >= 0.3 is 11.0 Å². The van der Waals surface area contributed by atoms with E-state index in [2.05, 4.69) is 10.3 Å². The quantitative estimate of drug-likeness (QED) is 0.615. The van der Waals surface area contributed by atoms with Gasteiger partial charge in [0, 0.05) is 6.04 Å². The number of hydrogen-bond acceptors (Lipinski definition) is 6. The third-order valence-electron chi connectivity index (χ3n) is 2.28. The number of aromatic nitrogens is 1. The zero-order valence-electron chi connectivity index (χ0n) is 11.0. The van der Waals surface area contributed by atoms with Crippen LogP contribution in [0, 0.1) is 15.5 Å². The van der Waals surface area contributed by atoms with Crippen LogP contribution in [-0.4, -0.2) is 27.0 Å². The van der Waals surface area contributed by atoms with Crippen LogP contribution in [0.3, 0.4) is 0 Å². The molecule has 8 heteroatoms. The molecule has 0 aliphatic carbocycles.